The molecule has 0 aromatic carbocycles. The van der Waals surface area contributed by atoms with E-state index in [1.54, 1.807) is 0 Å². The van der Waals surface area contributed by atoms with E-state index in [0.717, 1.165) is 30.4 Å². The number of rotatable bonds is 4. The minimum absolute atomic E-state index is 0.0531. The number of allylic oxidation sites excluding steroid dienone is 3. The number of aliphatic hydroxyl groups excluding tert-OH is 2. The van der Waals surface area contributed by atoms with Crippen LogP contribution in [0.4, 0.5) is 0 Å². The molecule has 1 aliphatic heterocycles. The molecule has 0 amide bonds. The van der Waals surface area contributed by atoms with Gasteiger partial charge in [-0.2, -0.15) is 0 Å². The molecule has 0 aromatic heterocycles. The smallest absolute Gasteiger partial charge is 0.0861 e. The lowest BCUT2D eigenvalue weighted by Crippen LogP contribution is -2.41. The lowest BCUT2D eigenvalue weighted by molar-refractivity contribution is -0.104. The first-order chi connectivity index (χ1) is 15.0. The molecule has 3 aliphatic carbocycles. The van der Waals surface area contributed by atoms with Gasteiger partial charge in [0.25, 0.3) is 0 Å². The molecular weight excluding hydrogens is 400 g/mol. The fourth-order valence-electron chi connectivity index (χ4n) is 7.44. The van der Waals surface area contributed by atoms with Crippen LogP contribution in [-0.2, 0) is 4.74 Å². The van der Waals surface area contributed by atoms with Gasteiger partial charge in [-0.3, -0.25) is 0 Å². The minimum Gasteiger partial charge on any atom is -0.393 e. The Kier molecular flexibility index (Phi) is 6.82. The van der Waals surface area contributed by atoms with Gasteiger partial charge in [0, 0.05) is 6.42 Å². The van der Waals surface area contributed by atoms with Crippen molar-refractivity contribution in [3.63, 3.8) is 0 Å². The third-order valence-electron chi connectivity index (χ3n) is 9.36. The first-order valence-corrected chi connectivity index (χ1v) is 12.8. The second kappa shape index (κ2) is 9.02. The van der Waals surface area contributed by atoms with Crippen LogP contribution >= 0.6 is 0 Å². The second-order valence-electron chi connectivity index (χ2n) is 11.9. The van der Waals surface area contributed by atoms with E-state index >= 15 is 0 Å². The van der Waals surface area contributed by atoms with E-state index in [2.05, 4.69) is 32.6 Å². The highest BCUT2D eigenvalue weighted by Crippen LogP contribution is 2.60. The maximum atomic E-state index is 10.4. The molecule has 0 radical (unpaired) electrons. The van der Waals surface area contributed by atoms with Crippen LogP contribution in [0.25, 0.3) is 0 Å². The molecule has 1 heterocycles. The monoisotopic (exact) mass is 444 g/mol. The summed E-state index contributed by atoms with van der Waals surface area (Å²) >= 11 is 0. The highest BCUT2D eigenvalue weighted by molar-refractivity contribution is 5.38. The zero-order valence-electron chi connectivity index (χ0n) is 20.5. The number of fused-ring (bicyclic) bond motifs is 1. The average Bonchev–Trinajstić information content (AvgIpc) is 3.34. The van der Waals surface area contributed by atoms with E-state index in [-0.39, 0.29) is 12.2 Å². The molecule has 0 bridgehead atoms. The summed E-state index contributed by atoms with van der Waals surface area (Å²) in [5, 5.41) is 30.6. The van der Waals surface area contributed by atoms with Crippen molar-refractivity contribution < 1.29 is 20.1 Å². The fraction of sp³-hybridized carbons (Fsp3) is 0.786. The van der Waals surface area contributed by atoms with Gasteiger partial charge in [-0.15, -0.1) is 0 Å². The molecule has 4 nitrogen and oxygen atoms in total. The maximum absolute atomic E-state index is 10.4. The summed E-state index contributed by atoms with van der Waals surface area (Å²) in [6.07, 6.45) is 12.6. The second-order valence-corrected chi connectivity index (χ2v) is 11.9. The molecule has 4 aliphatic rings. The third kappa shape index (κ3) is 4.53. The summed E-state index contributed by atoms with van der Waals surface area (Å²) in [7, 11) is 0. The Morgan fingerprint density at radius 1 is 1.16 bits per heavy atom. The molecule has 0 unspecified atom stereocenters. The van der Waals surface area contributed by atoms with Crippen molar-refractivity contribution >= 4 is 0 Å². The van der Waals surface area contributed by atoms with E-state index in [9.17, 15) is 15.3 Å². The van der Waals surface area contributed by atoms with E-state index in [1.807, 2.05) is 13.8 Å². The molecule has 0 aromatic rings. The molecule has 0 spiro atoms. The van der Waals surface area contributed by atoms with E-state index < -0.39 is 17.8 Å². The van der Waals surface area contributed by atoms with Crippen molar-refractivity contribution in [3.8, 4) is 0 Å². The third-order valence-corrected chi connectivity index (χ3v) is 9.36. The highest BCUT2D eigenvalue weighted by Gasteiger charge is 2.53. The van der Waals surface area contributed by atoms with Crippen molar-refractivity contribution in [1.82, 2.24) is 0 Å². The van der Waals surface area contributed by atoms with Gasteiger partial charge in [0.15, 0.2) is 0 Å². The Morgan fingerprint density at radius 2 is 1.91 bits per heavy atom. The zero-order valence-corrected chi connectivity index (χ0v) is 20.5. The molecule has 32 heavy (non-hydrogen) atoms. The molecular formula is C28H44O4. The minimum atomic E-state index is -0.769. The standard InChI is InChI=1S/C28H44O4/c1-17-20(15-21(29)16-24(17)30)9-8-19-7-6-14-28(5)22(10-11-23(19)28)18(2)25-12-13-26(32-25)27(3,4)31/h8-9,18,21-26,29-31H,1,6-7,10-16H2,2-5H3/b19-8+,20-9-/t18-,21+,22+,23-,24+,25+,26-,28+/m0/s1. The average molecular weight is 445 g/mol. The maximum Gasteiger partial charge on any atom is 0.0861 e. The van der Waals surface area contributed by atoms with E-state index in [4.69, 9.17) is 4.74 Å². The Hall–Kier alpha value is -0.940. The lowest BCUT2D eigenvalue weighted by atomic mass is 9.60. The number of aliphatic hydroxyl groups is 3. The van der Waals surface area contributed by atoms with Crippen LogP contribution in [0.5, 0.6) is 0 Å². The summed E-state index contributed by atoms with van der Waals surface area (Å²) in [6, 6.07) is 0. The first-order valence-electron chi connectivity index (χ1n) is 12.8. The quantitative estimate of drug-likeness (QED) is 0.565. The Labute approximate surface area is 194 Å². The summed E-state index contributed by atoms with van der Waals surface area (Å²) in [6.45, 7) is 12.7. The Bertz CT molecular complexity index is 775. The highest BCUT2D eigenvalue weighted by atomic mass is 16.5. The SMILES string of the molecule is C=C1/C(=C\C=C2/CCC[C@]3(C)[C@@H]([C@H](C)[C@H]4CC[C@@H](C(C)(C)O)O4)CC[C@@H]23)C[C@@H](O)C[C@H]1O. The van der Waals surface area contributed by atoms with Crippen molar-refractivity contribution in [2.45, 2.75) is 115 Å². The molecule has 4 rings (SSSR count). The molecule has 3 saturated carbocycles. The summed E-state index contributed by atoms with van der Waals surface area (Å²) in [5.74, 6) is 1.74. The molecule has 1 saturated heterocycles. The van der Waals surface area contributed by atoms with Crippen molar-refractivity contribution in [1.29, 1.82) is 0 Å². The summed E-state index contributed by atoms with van der Waals surface area (Å²) < 4.78 is 6.38. The normalized spacial score (nSPS) is 44.3. The topological polar surface area (TPSA) is 69.9 Å². The predicted molar refractivity (Wildman–Crippen MR) is 128 cm³/mol. The predicted octanol–water partition coefficient (Wildman–Crippen LogP) is 5.08. The van der Waals surface area contributed by atoms with Crippen LogP contribution in [0, 0.1) is 23.2 Å². The van der Waals surface area contributed by atoms with Gasteiger partial charge in [-0.1, -0.05) is 38.2 Å². The van der Waals surface area contributed by atoms with Crippen LogP contribution < -0.4 is 0 Å². The number of ether oxygens (including phenoxy) is 1. The van der Waals surface area contributed by atoms with Crippen LogP contribution in [0.2, 0.25) is 0 Å². The van der Waals surface area contributed by atoms with Crippen molar-refractivity contribution in [2.24, 2.45) is 23.2 Å². The summed E-state index contributed by atoms with van der Waals surface area (Å²) in [5.41, 5.74) is 2.82. The molecule has 180 valence electrons. The van der Waals surface area contributed by atoms with Gasteiger partial charge in [-0.05, 0) is 99.5 Å². The van der Waals surface area contributed by atoms with Crippen molar-refractivity contribution in [3.05, 3.63) is 35.5 Å². The van der Waals surface area contributed by atoms with Crippen LogP contribution in [0.15, 0.2) is 35.5 Å². The summed E-state index contributed by atoms with van der Waals surface area (Å²) in [4.78, 5) is 0. The largest absolute Gasteiger partial charge is 0.393 e. The lowest BCUT2D eigenvalue weighted by Gasteiger charge is -2.45. The van der Waals surface area contributed by atoms with E-state index in [1.165, 1.54) is 31.3 Å². The van der Waals surface area contributed by atoms with Gasteiger partial charge < -0.3 is 20.1 Å². The van der Waals surface area contributed by atoms with E-state index in [0.29, 0.717) is 36.0 Å². The van der Waals surface area contributed by atoms with Gasteiger partial charge in [-0.25, -0.2) is 0 Å². The Balaban J connectivity index is 1.49. The fourth-order valence-corrected chi connectivity index (χ4v) is 7.44. The molecule has 8 atom stereocenters. The van der Waals surface area contributed by atoms with Gasteiger partial charge in [0.2, 0.25) is 0 Å². The number of hydrogen-bond donors (Lipinski definition) is 3. The Morgan fingerprint density at radius 3 is 2.59 bits per heavy atom. The van der Waals surface area contributed by atoms with Crippen LogP contribution in [0.1, 0.15) is 85.5 Å². The van der Waals surface area contributed by atoms with Gasteiger partial charge in [0.1, 0.15) is 0 Å². The molecule has 4 heteroatoms. The van der Waals surface area contributed by atoms with Crippen LogP contribution in [-0.4, -0.2) is 45.3 Å². The first kappa shape index (κ1) is 24.2. The van der Waals surface area contributed by atoms with Gasteiger partial charge in [0.05, 0.1) is 30.0 Å². The molecule has 3 N–H and O–H groups in total. The van der Waals surface area contributed by atoms with Crippen molar-refractivity contribution in [2.75, 3.05) is 0 Å². The van der Waals surface area contributed by atoms with Crippen LogP contribution in [0.3, 0.4) is 0 Å². The van der Waals surface area contributed by atoms with Gasteiger partial charge >= 0.3 is 0 Å². The number of hydrogen-bond acceptors (Lipinski definition) is 4. The zero-order chi connectivity index (χ0) is 23.3. The molecule has 4 fully saturated rings.